The molecule has 10 nitrogen and oxygen atoms in total. The van der Waals surface area contributed by atoms with E-state index >= 15 is 0 Å². The molecule has 45 heavy (non-hydrogen) atoms. The Morgan fingerprint density at radius 2 is 1.69 bits per heavy atom. The van der Waals surface area contributed by atoms with Crippen LogP contribution in [-0.2, 0) is 30.3 Å². The van der Waals surface area contributed by atoms with Gasteiger partial charge in [0.2, 0.25) is 5.16 Å². The maximum atomic E-state index is 13.1. The molecule has 0 aliphatic carbocycles. The fraction of sp³-hybridized carbons (Fsp3) is 0.200. The first-order valence-electron chi connectivity index (χ1n) is 13.0. The van der Waals surface area contributed by atoms with Crippen LogP contribution in [0.3, 0.4) is 0 Å². The van der Waals surface area contributed by atoms with Crippen LogP contribution in [0, 0.1) is 0 Å². The molecule has 3 aromatic carbocycles. The highest BCUT2D eigenvalue weighted by molar-refractivity contribution is 7.99. The average molecular weight is 662 g/mol. The summed E-state index contributed by atoms with van der Waals surface area (Å²) in [6.45, 7) is 1.26. The van der Waals surface area contributed by atoms with Crippen LogP contribution in [0.2, 0.25) is 0 Å². The van der Waals surface area contributed by atoms with Gasteiger partial charge in [0.25, 0.3) is 0 Å². The molecule has 0 saturated heterocycles. The van der Waals surface area contributed by atoms with Crippen LogP contribution in [0.15, 0.2) is 82.9 Å². The minimum absolute atomic E-state index is 0.00421. The maximum Gasteiger partial charge on any atom is 0.416 e. The lowest BCUT2D eigenvalue weighted by Crippen LogP contribution is -2.06. The summed E-state index contributed by atoms with van der Waals surface area (Å²) in [6.07, 6.45) is -0.710. The zero-order valence-corrected chi connectivity index (χ0v) is 25.7. The molecule has 0 fully saturated rings. The predicted octanol–water partition coefficient (Wildman–Crippen LogP) is 5.64. The van der Waals surface area contributed by atoms with E-state index in [9.17, 15) is 31.2 Å². The average Bonchev–Trinajstić information content (AvgIpc) is 3.42. The van der Waals surface area contributed by atoms with Crippen molar-refractivity contribution in [1.29, 1.82) is 0 Å². The molecule has 0 unspecified atom stereocenters. The van der Waals surface area contributed by atoms with E-state index in [1.54, 1.807) is 12.1 Å². The number of thioether (sulfide) groups is 1. The van der Waals surface area contributed by atoms with E-state index in [2.05, 4.69) is 10.1 Å². The fourth-order valence-corrected chi connectivity index (χ4v) is 5.15. The minimum atomic E-state index is -4.51. The SMILES string of the molecule is COc1cc(/C=C/C(=O)OCCSc2nc(-c3ccc(S(C)(=O)=O)cc3)n(-c3ccc(C(F)(F)F)cc3)n2)ccc1OC(C)=O. The highest BCUT2D eigenvalue weighted by Gasteiger charge is 2.30. The summed E-state index contributed by atoms with van der Waals surface area (Å²) in [4.78, 5) is 28.0. The topological polar surface area (TPSA) is 127 Å². The van der Waals surface area contributed by atoms with Gasteiger partial charge < -0.3 is 14.2 Å². The Hall–Kier alpha value is -4.63. The Kier molecular flexibility index (Phi) is 10.3. The minimum Gasteiger partial charge on any atom is -0.493 e. The number of alkyl halides is 3. The number of hydrogen-bond acceptors (Lipinski definition) is 10. The smallest absolute Gasteiger partial charge is 0.416 e. The lowest BCUT2D eigenvalue weighted by Gasteiger charge is -2.09. The van der Waals surface area contributed by atoms with E-state index in [0.717, 1.165) is 30.2 Å². The molecule has 0 aliphatic heterocycles. The maximum absolute atomic E-state index is 13.1. The van der Waals surface area contributed by atoms with Gasteiger partial charge in [0, 0.05) is 30.6 Å². The summed E-state index contributed by atoms with van der Waals surface area (Å²) >= 11 is 1.15. The molecule has 236 valence electrons. The third-order valence-electron chi connectivity index (χ3n) is 5.98. The Balaban J connectivity index is 1.45. The second kappa shape index (κ2) is 14.0. The molecule has 4 rings (SSSR count). The molecule has 15 heteroatoms. The van der Waals surface area contributed by atoms with Crippen molar-refractivity contribution in [2.45, 2.75) is 23.2 Å². The zero-order valence-electron chi connectivity index (χ0n) is 24.1. The van der Waals surface area contributed by atoms with Gasteiger partial charge in [0.15, 0.2) is 27.2 Å². The first kappa shape index (κ1) is 33.3. The van der Waals surface area contributed by atoms with E-state index in [1.165, 1.54) is 73.3 Å². The summed E-state index contributed by atoms with van der Waals surface area (Å²) in [5.41, 5.74) is 0.563. The number of carbonyl (C=O) groups is 2. The first-order valence-corrected chi connectivity index (χ1v) is 15.9. The van der Waals surface area contributed by atoms with Crippen molar-refractivity contribution in [1.82, 2.24) is 14.8 Å². The van der Waals surface area contributed by atoms with Crippen LogP contribution in [-0.4, -0.2) is 60.8 Å². The van der Waals surface area contributed by atoms with Crippen molar-refractivity contribution in [3.05, 3.63) is 83.9 Å². The van der Waals surface area contributed by atoms with Gasteiger partial charge in [0.1, 0.15) is 6.61 Å². The molecule has 0 bridgehead atoms. The molecule has 0 spiro atoms. The van der Waals surface area contributed by atoms with Crippen molar-refractivity contribution in [3.8, 4) is 28.6 Å². The van der Waals surface area contributed by atoms with Gasteiger partial charge in [-0.2, -0.15) is 13.2 Å². The Morgan fingerprint density at radius 1 is 1.00 bits per heavy atom. The second-order valence-electron chi connectivity index (χ2n) is 9.32. The first-order chi connectivity index (χ1) is 21.2. The predicted molar refractivity (Wildman–Crippen MR) is 160 cm³/mol. The van der Waals surface area contributed by atoms with Crippen LogP contribution in [0.5, 0.6) is 11.5 Å². The van der Waals surface area contributed by atoms with Gasteiger partial charge in [-0.25, -0.2) is 22.9 Å². The molecule has 1 aromatic heterocycles. The van der Waals surface area contributed by atoms with Crippen molar-refractivity contribution in [3.63, 3.8) is 0 Å². The molecule has 0 saturated carbocycles. The summed E-state index contributed by atoms with van der Waals surface area (Å²) in [5, 5.41) is 4.68. The molecular weight excluding hydrogens is 635 g/mol. The molecule has 0 radical (unpaired) electrons. The normalized spacial score (nSPS) is 11.9. The van der Waals surface area contributed by atoms with E-state index in [-0.39, 0.29) is 34.0 Å². The second-order valence-corrected chi connectivity index (χ2v) is 12.4. The Bertz CT molecular complexity index is 1820. The van der Waals surface area contributed by atoms with Gasteiger partial charge in [-0.05, 0) is 72.3 Å². The molecular formula is C30H26F3N3O7S2. The van der Waals surface area contributed by atoms with Crippen molar-refractivity contribution in [2.24, 2.45) is 0 Å². The summed E-state index contributed by atoms with van der Waals surface area (Å²) in [5.74, 6) is -0.0372. The molecule has 0 amide bonds. The summed E-state index contributed by atoms with van der Waals surface area (Å²) < 4.78 is 79.9. The quantitative estimate of drug-likeness (QED) is 0.0656. The number of halogens is 3. The summed E-state index contributed by atoms with van der Waals surface area (Å²) in [6, 6.07) is 15.0. The number of benzene rings is 3. The third kappa shape index (κ3) is 8.95. The number of rotatable bonds is 11. The number of nitrogens with zero attached hydrogens (tertiary/aromatic N) is 3. The van der Waals surface area contributed by atoms with Gasteiger partial charge in [-0.3, -0.25) is 4.79 Å². The number of sulfone groups is 1. The van der Waals surface area contributed by atoms with Crippen molar-refractivity contribution < 1.29 is 45.4 Å². The Labute approximate surface area is 260 Å². The number of esters is 2. The van der Waals surface area contributed by atoms with Crippen LogP contribution in [0.1, 0.15) is 18.1 Å². The number of methoxy groups -OCH3 is 1. The van der Waals surface area contributed by atoms with Gasteiger partial charge in [-0.1, -0.05) is 17.8 Å². The number of ether oxygens (including phenoxy) is 3. The summed E-state index contributed by atoms with van der Waals surface area (Å²) in [7, 11) is -2.03. The monoisotopic (exact) mass is 661 g/mol. The van der Waals surface area contributed by atoms with Crippen LogP contribution in [0.25, 0.3) is 23.2 Å². The molecule has 1 heterocycles. The van der Waals surface area contributed by atoms with E-state index in [0.29, 0.717) is 22.6 Å². The fourth-order valence-electron chi connectivity index (χ4n) is 3.88. The number of hydrogen-bond donors (Lipinski definition) is 0. The largest absolute Gasteiger partial charge is 0.493 e. The van der Waals surface area contributed by atoms with Gasteiger partial charge in [0.05, 0.1) is 23.3 Å². The molecule has 0 aliphatic rings. The van der Waals surface area contributed by atoms with Gasteiger partial charge in [-0.15, -0.1) is 5.10 Å². The lowest BCUT2D eigenvalue weighted by molar-refractivity contribution is -0.138. The number of carbonyl (C=O) groups excluding carboxylic acids is 2. The highest BCUT2D eigenvalue weighted by atomic mass is 32.2. The Morgan fingerprint density at radius 3 is 2.29 bits per heavy atom. The van der Waals surface area contributed by atoms with E-state index < -0.39 is 33.5 Å². The molecule has 0 N–H and O–H groups in total. The van der Waals surface area contributed by atoms with Crippen molar-refractivity contribution in [2.75, 3.05) is 25.7 Å². The van der Waals surface area contributed by atoms with Gasteiger partial charge >= 0.3 is 18.1 Å². The standard InChI is InChI=1S/C30H26F3N3O7S2/c1-19(37)43-25-14-4-20(18-26(25)41-2)5-15-27(38)42-16-17-44-29-34-28(21-6-12-24(13-7-21)45(3,39)40)36(35-29)23-10-8-22(9-11-23)30(31,32)33/h4-15,18H,16-17H2,1-3H3/b15-5+. The zero-order chi connectivity index (χ0) is 32.8. The molecule has 0 atom stereocenters. The number of aromatic nitrogens is 3. The van der Waals surface area contributed by atoms with E-state index in [4.69, 9.17) is 14.2 Å². The van der Waals surface area contributed by atoms with Crippen LogP contribution >= 0.6 is 11.8 Å². The third-order valence-corrected chi connectivity index (χ3v) is 7.91. The highest BCUT2D eigenvalue weighted by Crippen LogP contribution is 2.32. The van der Waals surface area contributed by atoms with Crippen molar-refractivity contribution >= 4 is 39.6 Å². The lowest BCUT2D eigenvalue weighted by atomic mass is 10.2. The van der Waals surface area contributed by atoms with Crippen LogP contribution in [0.4, 0.5) is 13.2 Å². The molecule has 4 aromatic rings. The van der Waals surface area contributed by atoms with Crippen LogP contribution < -0.4 is 9.47 Å². The van der Waals surface area contributed by atoms with E-state index in [1.807, 2.05) is 0 Å².